The number of rotatable bonds is 5. The summed E-state index contributed by atoms with van der Waals surface area (Å²) >= 11 is 0. The molecule has 0 aromatic heterocycles. The quantitative estimate of drug-likeness (QED) is 0.745. The Kier molecular flexibility index (Phi) is 4.92. The van der Waals surface area contributed by atoms with Crippen LogP contribution in [-0.4, -0.2) is 25.2 Å². The van der Waals surface area contributed by atoms with Crippen LogP contribution in [0.3, 0.4) is 0 Å². The molecule has 3 aromatic carbocycles. The molecule has 1 aliphatic heterocycles. The summed E-state index contributed by atoms with van der Waals surface area (Å²) in [5.74, 6) is 2.38. The van der Waals surface area contributed by atoms with Crippen LogP contribution in [0.2, 0.25) is 0 Å². The van der Waals surface area contributed by atoms with Crippen molar-refractivity contribution in [2.75, 3.05) is 13.2 Å². The number of benzene rings is 3. The Labute approximate surface area is 157 Å². The largest absolute Gasteiger partial charge is 0.486 e. The Hall–Kier alpha value is -3.47. The molecule has 1 aliphatic rings. The molecule has 4 rings (SSSR count). The Balaban J connectivity index is 1.40. The fraction of sp³-hybridized carbons (Fsp3) is 0.136. The second-order valence-corrected chi connectivity index (χ2v) is 6.12. The van der Waals surface area contributed by atoms with E-state index in [0.29, 0.717) is 36.0 Å². The molecule has 0 radical (unpaired) electrons. The van der Waals surface area contributed by atoms with Crippen molar-refractivity contribution in [2.45, 2.75) is 6.10 Å². The number of para-hydroxylation sites is 4. The van der Waals surface area contributed by atoms with Crippen LogP contribution in [0.5, 0.6) is 23.0 Å². The lowest BCUT2D eigenvalue weighted by molar-refractivity contribution is 0.0788. The van der Waals surface area contributed by atoms with Gasteiger partial charge < -0.3 is 19.5 Å². The van der Waals surface area contributed by atoms with E-state index in [2.05, 4.69) is 5.32 Å². The van der Waals surface area contributed by atoms with Gasteiger partial charge in [-0.15, -0.1) is 0 Å². The molecule has 5 nitrogen and oxygen atoms in total. The SMILES string of the molecule is O=C(NC[C@H]1COc2ccccc2O1)c1ccccc1Oc1ccccc1. The molecule has 1 heterocycles. The van der Waals surface area contributed by atoms with Crippen LogP contribution in [0.15, 0.2) is 78.9 Å². The Morgan fingerprint density at radius 1 is 0.926 bits per heavy atom. The number of ether oxygens (including phenoxy) is 3. The smallest absolute Gasteiger partial charge is 0.255 e. The van der Waals surface area contributed by atoms with E-state index < -0.39 is 0 Å². The van der Waals surface area contributed by atoms with E-state index in [9.17, 15) is 4.79 Å². The monoisotopic (exact) mass is 361 g/mol. The molecule has 27 heavy (non-hydrogen) atoms. The van der Waals surface area contributed by atoms with Crippen molar-refractivity contribution >= 4 is 5.91 Å². The van der Waals surface area contributed by atoms with Crippen molar-refractivity contribution in [3.05, 3.63) is 84.4 Å². The average Bonchev–Trinajstić information content (AvgIpc) is 2.73. The zero-order valence-corrected chi connectivity index (χ0v) is 14.6. The fourth-order valence-corrected chi connectivity index (χ4v) is 2.82. The third-order valence-corrected chi connectivity index (χ3v) is 4.16. The van der Waals surface area contributed by atoms with Crippen LogP contribution in [-0.2, 0) is 0 Å². The first-order chi connectivity index (χ1) is 13.3. The summed E-state index contributed by atoms with van der Waals surface area (Å²) in [6, 6.07) is 24.0. The van der Waals surface area contributed by atoms with Crippen molar-refractivity contribution in [3.63, 3.8) is 0 Å². The topological polar surface area (TPSA) is 56.8 Å². The van der Waals surface area contributed by atoms with Gasteiger partial charge in [-0.25, -0.2) is 0 Å². The molecule has 0 fully saturated rings. The van der Waals surface area contributed by atoms with Crippen LogP contribution in [0.25, 0.3) is 0 Å². The van der Waals surface area contributed by atoms with Gasteiger partial charge in [-0.05, 0) is 36.4 Å². The molecule has 3 aromatic rings. The number of amides is 1. The summed E-state index contributed by atoms with van der Waals surface area (Å²) in [4.78, 5) is 12.7. The van der Waals surface area contributed by atoms with Crippen molar-refractivity contribution in [2.24, 2.45) is 0 Å². The van der Waals surface area contributed by atoms with E-state index in [1.807, 2.05) is 66.7 Å². The summed E-state index contributed by atoms with van der Waals surface area (Å²) in [7, 11) is 0. The minimum atomic E-state index is -0.244. The summed E-state index contributed by atoms with van der Waals surface area (Å²) in [6.07, 6.45) is -0.244. The van der Waals surface area contributed by atoms with Gasteiger partial charge in [0.2, 0.25) is 0 Å². The van der Waals surface area contributed by atoms with Gasteiger partial charge in [0.1, 0.15) is 24.2 Å². The Bertz CT molecular complexity index is 926. The molecular formula is C22H19NO4. The maximum Gasteiger partial charge on any atom is 0.255 e. The molecule has 0 spiro atoms. The summed E-state index contributed by atoms with van der Waals surface area (Å²) in [6.45, 7) is 0.728. The van der Waals surface area contributed by atoms with Gasteiger partial charge in [0.25, 0.3) is 5.91 Å². The summed E-state index contributed by atoms with van der Waals surface area (Å²) in [5.41, 5.74) is 0.471. The normalized spacial score (nSPS) is 15.0. The molecule has 1 N–H and O–H groups in total. The van der Waals surface area contributed by atoms with Crippen LogP contribution in [0, 0.1) is 0 Å². The molecule has 0 bridgehead atoms. The van der Waals surface area contributed by atoms with Gasteiger partial charge >= 0.3 is 0 Å². The van der Waals surface area contributed by atoms with E-state index in [0.717, 1.165) is 5.75 Å². The predicted molar refractivity (Wildman–Crippen MR) is 102 cm³/mol. The van der Waals surface area contributed by atoms with E-state index >= 15 is 0 Å². The van der Waals surface area contributed by atoms with Crippen LogP contribution < -0.4 is 19.5 Å². The number of hydrogen-bond acceptors (Lipinski definition) is 4. The molecule has 0 unspecified atom stereocenters. The van der Waals surface area contributed by atoms with Crippen molar-refractivity contribution in [1.82, 2.24) is 5.32 Å². The van der Waals surface area contributed by atoms with Crippen LogP contribution in [0.1, 0.15) is 10.4 Å². The summed E-state index contributed by atoms with van der Waals surface area (Å²) < 4.78 is 17.4. The lowest BCUT2D eigenvalue weighted by Gasteiger charge is -2.26. The molecule has 5 heteroatoms. The zero-order chi connectivity index (χ0) is 18.5. The van der Waals surface area contributed by atoms with Crippen molar-refractivity contribution in [3.8, 4) is 23.0 Å². The fourth-order valence-electron chi connectivity index (χ4n) is 2.82. The zero-order valence-electron chi connectivity index (χ0n) is 14.6. The highest BCUT2D eigenvalue weighted by Crippen LogP contribution is 2.30. The van der Waals surface area contributed by atoms with Crippen LogP contribution in [0.4, 0.5) is 0 Å². The van der Waals surface area contributed by atoms with Gasteiger partial charge in [0, 0.05) is 0 Å². The minimum Gasteiger partial charge on any atom is -0.486 e. The lowest BCUT2D eigenvalue weighted by atomic mass is 10.2. The highest BCUT2D eigenvalue weighted by atomic mass is 16.6. The highest BCUT2D eigenvalue weighted by Gasteiger charge is 2.22. The third kappa shape index (κ3) is 4.03. The minimum absolute atomic E-state index is 0.219. The maximum atomic E-state index is 12.7. The molecule has 136 valence electrons. The van der Waals surface area contributed by atoms with E-state index in [4.69, 9.17) is 14.2 Å². The Morgan fingerprint density at radius 3 is 2.48 bits per heavy atom. The number of fused-ring (bicyclic) bond motifs is 1. The lowest BCUT2D eigenvalue weighted by Crippen LogP contribution is -2.40. The first-order valence-corrected chi connectivity index (χ1v) is 8.78. The first-order valence-electron chi connectivity index (χ1n) is 8.78. The molecule has 1 atom stereocenters. The number of carbonyl (C=O) groups is 1. The number of carbonyl (C=O) groups excluding carboxylic acids is 1. The number of hydrogen-bond donors (Lipinski definition) is 1. The van der Waals surface area contributed by atoms with Gasteiger partial charge in [-0.1, -0.05) is 42.5 Å². The summed E-state index contributed by atoms with van der Waals surface area (Å²) in [5, 5.41) is 2.90. The average molecular weight is 361 g/mol. The number of nitrogens with one attached hydrogen (secondary N) is 1. The van der Waals surface area contributed by atoms with Crippen molar-refractivity contribution in [1.29, 1.82) is 0 Å². The Morgan fingerprint density at radius 2 is 1.63 bits per heavy atom. The van der Waals surface area contributed by atoms with E-state index in [1.165, 1.54) is 0 Å². The maximum absolute atomic E-state index is 12.7. The van der Waals surface area contributed by atoms with Crippen molar-refractivity contribution < 1.29 is 19.0 Å². The first kappa shape index (κ1) is 17.0. The standard InChI is InChI=1S/C22H19NO4/c24-22(23-14-17-15-25-20-12-6-7-13-21(20)27-17)18-10-4-5-11-19(18)26-16-8-2-1-3-9-16/h1-13,17H,14-15H2,(H,23,24)/t17-/m0/s1. The van der Waals surface area contributed by atoms with Crippen LogP contribution >= 0.6 is 0 Å². The van der Waals surface area contributed by atoms with Gasteiger partial charge in [0.05, 0.1) is 12.1 Å². The van der Waals surface area contributed by atoms with E-state index in [1.54, 1.807) is 12.1 Å². The molecular weight excluding hydrogens is 342 g/mol. The molecule has 0 saturated heterocycles. The van der Waals surface area contributed by atoms with Gasteiger partial charge in [-0.3, -0.25) is 4.79 Å². The van der Waals surface area contributed by atoms with E-state index in [-0.39, 0.29) is 12.0 Å². The highest BCUT2D eigenvalue weighted by molar-refractivity contribution is 5.97. The molecule has 0 saturated carbocycles. The predicted octanol–water partition coefficient (Wildman–Crippen LogP) is 4.05. The molecule has 0 aliphatic carbocycles. The second kappa shape index (κ2) is 7.83. The third-order valence-electron chi connectivity index (χ3n) is 4.16. The van der Waals surface area contributed by atoms with Gasteiger partial charge in [0.15, 0.2) is 11.5 Å². The molecule has 1 amide bonds. The van der Waals surface area contributed by atoms with Gasteiger partial charge in [-0.2, -0.15) is 0 Å². The second-order valence-electron chi connectivity index (χ2n) is 6.12.